The van der Waals surface area contributed by atoms with Gasteiger partial charge in [-0.1, -0.05) is 74.6 Å². The molecule has 3 aromatic rings. The Balaban J connectivity index is 1.34. The Morgan fingerprint density at radius 1 is 0.797 bits per heavy atom. The number of amides is 1. The standard InChI is InChI=1S/C44H54N6O7S2/c1-43(2)35-16-10-11-17-37(35)49(26-12-14-28-58(52,53)54)39(43)18-8-6-5-7-9-19-40-44(3,4)36-30-33(22-25-38(36)50(40)27-13-15-29-59(55,56)57)41(51)48-34-23-20-32(21-24-34)31-47-42(45)46/h5-11,16-25,30H,12-15,26-29,31H2,1-4H3,(H6-,45,46,47,48,51,52,53,54,55,56,57)/p+1. The number of rotatable bonds is 18. The summed E-state index contributed by atoms with van der Waals surface area (Å²) in [5.74, 6) is -0.851. The third-order valence-electron chi connectivity index (χ3n) is 10.6. The second kappa shape index (κ2) is 18.7. The Morgan fingerprint density at radius 2 is 1.44 bits per heavy atom. The van der Waals surface area contributed by atoms with Crippen molar-refractivity contribution in [2.75, 3.05) is 34.8 Å². The monoisotopic (exact) mass is 843 g/mol. The number of nitrogens with one attached hydrogen (secondary N) is 1. The smallest absolute Gasteiger partial charge is 0.264 e. The van der Waals surface area contributed by atoms with E-state index in [4.69, 9.17) is 11.5 Å². The van der Waals surface area contributed by atoms with Crippen molar-refractivity contribution in [3.63, 3.8) is 0 Å². The molecule has 15 heteroatoms. The lowest BCUT2D eigenvalue weighted by molar-refractivity contribution is -0.438. The molecule has 0 aromatic heterocycles. The first-order valence-electron chi connectivity index (χ1n) is 19.5. The molecule has 0 bridgehead atoms. The van der Waals surface area contributed by atoms with Crippen molar-refractivity contribution in [3.8, 4) is 0 Å². The zero-order valence-electron chi connectivity index (χ0n) is 34.0. The molecule has 1 amide bonds. The summed E-state index contributed by atoms with van der Waals surface area (Å²) in [6.07, 6.45) is 15.6. The molecule has 2 aliphatic rings. The molecule has 0 radical (unpaired) electrons. The van der Waals surface area contributed by atoms with Gasteiger partial charge in [-0.3, -0.25) is 13.9 Å². The largest absolute Gasteiger partial charge is 0.370 e. The minimum atomic E-state index is -4.08. The number of aliphatic imine (C=N–C) groups is 1. The summed E-state index contributed by atoms with van der Waals surface area (Å²) in [7, 11) is -8.09. The number of unbranched alkanes of at least 4 members (excludes halogenated alkanes) is 2. The second-order valence-electron chi connectivity index (χ2n) is 15.7. The van der Waals surface area contributed by atoms with E-state index in [0.717, 1.165) is 33.9 Å². The van der Waals surface area contributed by atoms with E-state index in [-0.39, 0.29) is 35.2 Å². The number of fused-ring (bicyclic) bond motifs is 2. The topological polar surface area (TPSA) is 208 Å². The summed E-state index contributed by atoms with van der Waals surface area (Å²) in [5.41, 5.74) is 18.3. The molecule has 7 N–H and O–H groups in total. The third-order valence-corrected chi connectivity index (χ3v) is 12.2. The number of allylic oxidation sites excluding steroid dienone is 8. The Morgan fingerprint density at radius 3 is 2.12 bits per heavy atom. The first kappa shape index (κ1) is 44.7. The highest BCUT2D eigenvalue weighted by atomic mass is 32.2. The second-order valence-corrected chi connectivity index (χ2v) is 18.9. The lowest BCUT2D eigenvalue weighted by Crippen LogP contribution is -2.28. The van der Waals surface area contributed by atoms with E-state index in [1.165, 1.54) is 5.56 Å². The predicted molar refractivity (Wildman–Crippen MR) is 237 cm³/mol. The van der Waals surface area contributed by atoms with Gasteiger partial charge in [0.25, 0.3) is 26.1 Å². The van der Waals surface area contributed by atoms with Gasteiger partial charge in [0.1, 0.15) is 6.54 Å². The fraction of sp³-hybridized carbons (Fsp3) is 0.341. The zero-order valence-corrected chi connectivity index (χ0v) is 35.6. The molecule has 0 spiro atoms. The number of para-hydroxylation sites is 1. The number of anilines is 2. The summed E-state index contributed by atoms with van der Waals surface area (Å²) in [6.45, 7) is 9.97. The van der Waals surface area contributed by atoms with Crippen molar-refractivity contribution in [3.05, 3.63) is 137 Å². The third kappa shape index (κ3) is 11.7. The number of carbonyl (C=O) groups excluding carboxylic acids is 1. The lowest BCUT2D eigenvalue weighted by Gasteiger charge is -2.27. The molecule has 314 valence electrons. The molecule has 2 heterocycles. The molecule has 0 aliphatic carbocycles. The molecule has 0 atom stereocenters. The summed E-state index contributed by atoms with van der Waals surface area (Å²) in [6, 6.07) is 21.1. The Kier molecular flexibility index (Phi) is 14.2. The SMILES string of the molecule is CC1(C)C(/C=C/C=C/C=C/C=C2\N(CCCCS(=O)(=O)O)c3ccc(C(=O)Nc4ccc(CN=C(N)N)cc4)cc3C2(C)C)=[N+](CCCCS(=O)(=O)O)c2ccccc21. The normalized spacial score (nSPS) is 16.7. The van der Waals surface area contributed by atoms with Crippen molar-refractivity contribution < 1.29 is 35.3 Å². The average molecular weight is 844 g/mol. The van der Waals surface area contributed by atoms with Crippen molar-refractivity contribution in [2.45, 2.75) is 70.8 Å². The summed E-state index contributed by atoms with van der Waals surface area (Å²) >= 11 is 0. The van der Waals surface area contributed by atoms with E-state index in [0.29, 0.717) is 50.1 Å². The van der Waals surface area contributed by atoms with E-state index in [1.807, 2.05) is 72.9 Å². The number of nitrogens with zero attached hydrogens (tertiary/aromatic N) is 3. The van der Waals surface area contributed by atoms with Crippen molar-refractivity contribution in [1.82, 2.24) is 0 Å². The number of hydrogen-bond acceptors (Lipinski definition) is 7. The molecule has 0 saturated carbocycles. The van der Waals surface area contributed by atoms with E-state index in [1.54, 1.807) is 18.2 Å². The highest BCUT2D eigenvalue weighted by Gasteiger charge is 2.44. The Bertz CT molecular complexity index is 2440. The van der Waals surface area contributed by atoms with E-state index >= 15 is 0 Å². The van der Waals surface area contributed by atoms with Gasteiger partial charge < -0.3 is 21.7 Å². The number of hydrogen-bond donors (Lipinski definition) is 5. The van der Waals surface area contributed by atoms with Crippen molar-refractivity contribution in [1.29, 1.82) is 0 Å². The molecular formula is C44H55N6O7S2+. The van der Waals surface area contributed by atoms with E-state index in [2.05, 4.69) is 65.7 Å². The van der Waals surface area contributed by atoms with Crippen LogP contribution in [-0.4, -0.2) is 72.7 Å². The maximum Gasteiger partial charge on any atom is 0.264 e. The van der Waals surface area contributed by atoms with Gasteiger partial charge in [-0.05, 0) is 80.6 Å². The molecule has 5 rings (SSSR count). The first-order chi connectivity index (χ1) is 27.8. The van der Waals surface area contributed by atoms with Crippen LogP contribution in [0.4, 0.5) is 17.1 Å². The molecule has 13 nitrogen and oxygen atoms in total. The summed E-state index contributed by atoms with van der Waals surface area (Å²) in [5, 5.41) is 2.96. The zero-order chi connectivity index (χ0) is 43.0. The maximum atomic E-state index is 13.4. The van der Waals surface area contributed by atoms with Gasteiger partial charge in [-0.25, -0.2) is 4.99 Å². The quantitative estimate of drug-likeness (QED) is 0.0227. The molecule has 3 aromatic carbocycles. The lowest BCUT2D eigenvalue weighted by atomic mass is 9.81. The van der Waals surface area contributed by atoms with E-state index in [9.17, 15) is 30.7 Å². The minimum absolute atomic E-state index is 0.00387. The van der Waals surface area contributed by atoms with Crippen LogP contribution in [0.5, 0.6) is 0 Å². The molecule has 0 unspecified atom stereocenters. The minimum Gasteiger partial charge on any atom is -0.370 e. The fourth-order valence-electron chi connectivity index (χ4n) is 7.61. The van der Waals surface area contributed by atoms with E-state index < -0.39 is 25.7 Å². The number of benzene rings is 3. The highest BCUT2D eigenvalue weighted by Crippen LogP contribution is 2.48. The first-order valence-corrected chi connectivity index (χ1v) is 22.7. The van der Waals surface area contributed by atoms with Crippen LogP contribution in [0.15, 0.2) is 120 Å². The molecule has 0 saturated heterocycles. The van der Waals surface area contributed by atoms with Gasteiger partial charge in [-0.15, -0.1) is 0 Å². The number of guanidine groups is 1. The van der Waals surface area contributed by atoms with Crippen LogP contribution in [0, 0.1) is 0 Å². The molecule has 0 fully saturated rings. The summed E-state index contributed by atoms with van der Waals surface area (Å²) in [4.78, 5) is 19.6. The van der Waals surface area contributed by atoms with Crippen LogP contribution in [0.2, 0.25) is 0 Å². The van der Waals surface area contributed by atoms with Gasteiger partial charge >= 0.3 is 0 Å². The van der Waals surface area contributed by atoms with Gasteiger partial charge in [0.15, 0.2) is 11.7 Å². The van der Waals surface area contributed by atoms with Crippen LogP contribution in [0.1, 0.15) is 80.4 Å². The Labute approximate surface area is 348 Å². The van der Waals surface area contributed by atoms with Crippen LogP contribution >= 0.6 is 0 Å². The van der Waals surface area contributed by atoms with Crippen LogP contribution in [-0.2, 0) is 37.6 Å². The summed E-state index contributed by atoms with van der Waals surface area (Å²) < 4.78 is 66.1. The molecule has 2 aliphatic heterocycles. The molecular weight excluding hydrogens is 789 g/mol. The van der Waals surface area contributed by atoms with Gasteiger partial charge in [0.2, 0.25) is 5.69 Å². The maximum absolute atomic E-state index is 13.4. The number of nitrogens with two attached hydrogens (primary N) is 2. The van der Waals surface area contributed by atoms with Crippen molar-refractivity contribution in [2.24, 2.45) is 16.5 Å². The van der Waals surface area contributed by atoms with Crippen LogP contribution < -0.4 is 21.7 Å². The van der Waals surface area contributed by atoms with Crippen molar-refractivity contribution >= 4 is 54.9 Å². The van der Waals surface area contributed by atoms with Crippen LogP contribution in [0.25, 0.3) is 0 Å². The van der Waals surface area contributed by atoms with Gasteiger partial charge in [-0.2, -0.15) is 21.4 Å². The fourth-order valence-corrected chi connectivity index (χ4v) is 8.75. The average Bonchev–Trinajstić information content (AvgIpc) is 3.51. The Hall–Kier alpha value is -5.35. The number of carbonyl (C=O) groups is 1. The predicted octanol–water partition coefficient (Wildman–Crippen LogP) is 6.77. The van der Waals surface area contributed by atoms with Gasteiger partial charge in [0, 0.05) is 58.7 Å². The van der Waals surface area contributed by atoms with Gasteiger partial charge in [0.05, 0.1) is 23.5 Å². The molecule has 59 heavy (non-hydrogen) atoms. The highest BCUT2D eigenvalue weighted by molar-refractivity contribution is 7.86. The van der Waals surface area contributed by atoms with Crippen LogP contribution in [0.3, 0.4) is 0 Å².